The van der Waals surface area contributed by atoms with E-state index in [-0.39, 0.29) is 89.2 Å². The molecule has 4 aromatic rings. The van der Waals surface area contributed by atoms with Gasteiger partial charge in [0.05, 0.1) is 26.2 Å². The number of rotatable bonds is 23. The molecule has 3 aliphatic rings. The normalized spacial score (nSPS) is 20.0. The summed E-state index contributed by atoms with van der Waals surface area (Å²) in [5, 5.41) is 34.3. The summed E-state index contributed by atoms with van der Waals surface area (Å²) >= 11 is 0. The molecule has 0 saturated carbocycles. The zero-order valence-electron chi connectivity index (χ0n) is 39.8. The molecule has 19 heteroatoms. The monoisotopic (exact) mass is 989 g/mol. The zero-order chi connectivity index (χ0) is 51.2. The molecule has 4 aromatic carbocycles. The molecule has 2 aliphatic heterocycles. The second-order valence-electron chi connectivity index (χ2n) is 17.6. The average Bonchev–Trinajstić information content (AvgIpc) is 3.70. The predicted molar refractivity (Wildman–Crippen MR) is 259 cm³/mol. The number of ether oxygens (including phenoxy) is 5. The number of carbonyl (C=O) groups excluding carboxylic acids is 7. The van der Waals surface area contributed by atoms with Crippen LogP contribution < -0.4 is 26.6 Å². The third kappa shape index (κ3) is 13.0. The fourth-order valence-electron chi connectivity index (χ4n) is 8.93. The van der Waals surface area contributed by atoms with Gasteiger partial charge < -0.3 is 49.8 Å². The first-order valence-corrected chi connectivity index (χ1v) is 23.8. The fourth-order valence-corrected chi connectivity index (χ4v) is 8.93. The molecule has 72 heavy (non-hydrogen) atoms. The molecule has 5 atom stereocenters. The largest absolute Gasteiger partial charge is 0.461 e. The number of barbiturate groups is 1. The van der Waals surface area contributed by atoms with E-state index in [1.54, 1.807) is 55.5 Å². The summed E-state index contributed by atoms with van der Waals surface area (Å²) < 4.78 is 28.9. The van der Waals surface area contributed by atoms with E-state index in [0.717, 1.165) is 22.3 Å². The highest BCUT2D eigenvalue weighted by Gasteiger charge is 2.49. The maximum Gasteiger partial charge on any atom is 0.407 e. The van der Waals surface area contributed by atoms with Crippen molar-refractivity contribution in [3.8, 4) is 11.1 Å². The van der Waals surface area contributed by atoms with Crippen LogP contribution in [0.25, 0.3) is 11.1 Å². The standard InChI is InChI=1S/C53H59N5O14/c1-3-26-68-48-45(56-52(67)71-31-40-38-12-7-5-10-36(38)37-11-6-8-13-39(37)40)46(63)47(41(28-59)72-48)70-30-34-20-22-35(23-21-34)55-43(61)15-9-14-42(60)54-25-24-44(62)69-29-33-18-16-32(17-19-33)27-53(4-2)49(64)57-51(66)58-50(53)65/h3,5-8,10-13,16-23,40-41,45-48,59,63H,1,4,9,14-15,24-31H2,2H3,(H,54,60)(H,55,61)(H,56,67)(H2,57,58,64,65,66)/t41-,45-,46-,47-,48+/m1/s1. The van der Waals surface area contributed by atoms with E-state index < -0.39 is 72.6 Å². The van der Waals surface area contributed by atoms with Crippen molar-refractivity contribution in [2.24, 2.45) is 5.41 Å². The van der Waals surface area contributed by atoms with Crippen LogP contribution in [0.3, 0.4) is 0 Å². The van der Waals surface area contributed by atoms with Gasteiger partial charge in [0.15, 0.2) is 6.29 Å². The van der Waals surface area contributed by atoms with Gasteiger partial charge in [-0.3, -0.25) is 34.6 Å². The topological polar surface area (TPSA) is 266 Å². The lowest BCUT2D eigenvalue weighted by molar-refractivity contribution is -0.276. The molecular formula is C53H59N5O14. The molecule has 0 spiro atoms. The van der Waals surface area contributed by atoms with Crippen LogP contribution in [0.4, 0.5) is 15.3 Å². The maximum atomic E-state index is 13.3. The predicted octanol–water partition coefficient (Wildman–Crippen LogP) is 4.42. The minimum atomic E-state index is -1.42. The summed E-state index contributed by atoms with van der Waals surface area (Å²) in [4.78, 5) is 87.4. The van der Waals surface area contributed by atoms with Crippen LogP contribution in [0.2, 0.25) is 0 Å². The molecule has 7 amide bonds. The Morgan fingerprint density at radius 2 is 1.39 bits per heavy atom. The molecule has 2 heterocycles. The van der Waals surface area contributed by atoms with Crippen LogP contribution in [-0.2, 0) is 67.3 Å². The molecule has 380 valence electrons. The highest BCUT2D eigenvalue weighted by atomic mass is 16.7. The van der Waals surface area contributed by atoms with Gasteiger partial charge in [-0.25, -0.2) is 9.59 Å². The number of anilines is 1. The van der Waals surface area contributed by atoms with Crippen LogP contribution in [0.1, 0.15) is 72.8 Å². The van der Waals surface area contributed by atoms with Crippen molar-refractivity contribution in [3.63, 3.8) is 0 Å². The summed E-state index contributed by atoms with van der Waals surface area (Å²) in [5.41, 5.74) is 5.35. The van der Waals surface area contributed by atoms with Crippen molar-refractivity contribution >= 4 is 47.4 Å². The number of carbonyl (C=O) groups is 7. The summed E-state index contributed by atoms with van der Waals surface area (Å²) in [5.74, 6) is -2.67. The highest BCUT2D eigenvalue weighted by molar-refractivity contribution is 6.19. The van der Waals surface area contributed by atoms with E-state index in [1.165, 1.54) is 6.08 Å². The van der Waals surface area contributed by atoms with Gasteiger partial charge in [-0.1, -0.05) is 97.9 Å². The molecule has 0 aromatic heterocycles. The van der Waals surface area contributed by atoms with Crippen molar-refractivity contribution in [1.29, 1.82) is 0 Å². The van der Waals surface area contributed by atoms with E-state index >= 15 is 0 Å². The molecule has 7 N–H and O–H groups in total. The fraction of sp³-hybridized carbons (Fsp3) is 0.377. The van der Waals surface area contributed by atoms with E-state index in [2.05, 4.69) is 33.2 Å². The Labute approximate surface area is 416 Å². The van der Waals surface area contributed by atoms with Gasteiger partial charge in [0, 0.05) is 31.0 Å². The number of nitrogens with one attached hydrogen (secondary N) is 5. The van der Waals surface area contributed by atoms with Gasteiger partial charge in [0.25, 0.3) is 0 Å². The second kappa shape index (κ2) is 24.7. The number of aliphatic hydroxyl groups excluding tert-OH is 2. The van der Waals surface area contributed by atoms with Gasteiger partial charge in [0.2, 0.25) is 23.6 Å². The van der Waals surface area contributed by atoms with Crippen LogP contribution in [-0.4, -0.2) is 109 Å². The van der Waals surface area contributed by atoms with Crippen LogP contribution in [0, 0.1) is 5.41 Å². The van der Waals surface area contributed by atoms with Crippen molar-refractivity contribution in [2.45, 2.75) is 95.2 Å². The van der Waals surface area contributed by atoms with Gasteiger partial charge >= 0.3 is 18.1 Å². The number of amides is 7. The zero-order valence-corrected chi connectivity index (χ0v) is 39.8. The molecule has 0 bridgehead atoms. The minimum Gasteiger partial charge on any atom is -0.461 e. The number of esters is 1. The number of aliphatic hydroxyl groups is 2. The Bertz CT molecular complexity index is 2540. The first-order chi connectivity index (χ1) is 34.8. The Hall–Kier alpha value is -7.29. The van der Waals surface area contributed by atoms with E-state index in [1.807, 2.05) is 48.5 Å². The molecule has 0 radical (unpaired) electrons. The molecule has 19 nitrogen and oxygen atoms in total. The van der Waals surface area contributed by atoms with E-state index in [0.29, 0.717) is 22.4 Å². The van der Waals surface area contributed by atoms with Crippen molar-refractivity contribution in [3.05, 3.63) is 138 Å². The van der Waals surface area contributed by atoms with Gasteiger partial charge in [-0.2, -0.15) is 0 Å². The number of imide groups is 2. The van der Waals surface area contributed by atoms with Crippen molar-refractivity contribution in [1.82, 2.24) is 21.3 Å². The first kappa shape index (κ1) is 52.5. The Morgan fingerprint density at radius 1 is 0.778 bits per heavy atom. The Morgan fingerprint density at radius 3 is 2.03 bits per heavy atom. The van der Waals surface area contributed by atoms with E-state index in [4.69, 9.17) is 23.7 Å². The van der Waals surface area contributed by atoms with Gasteiger partial charge in [-0.05, 0) is 70.3 Å². The molecular weight excluding hydrogens is 931 g/mol. The van der Waals surface area contributed by atoms with Crippen LogP contribution in [0.5, 0.6) is 0 Å². The summed E-state index contributed by atoms with van der Waals surface area (Å²) in [6.07, 6.45) is -3.42. The SMILES string of the molecule is C=CCO[C@H]1O[C@H](CO)[C@@H](OCc2ccc(NC(=O)CCCC(=O)NCCC(=O)OCc3ccc(CC4(CC)C(=O)NC(=O)NC4=O)cc3)cc2)[C@H](O)[C@H]1NC(=O)OCC1c2ccccc2-c2ccccc21. The molecule has 2 fully saturated rings. The number of hydrogen-bond donors (Lipinski definition) is 7. The molecule has 7 rings (SSSR count). The lowest BCUT2D eigenvalue weighted by Gasteiger charge is -2.43. The number of fused-ring (bicyclic) bond motifs is 3. The van der Waals surface area contributed by atoms with Gasteiger partial charge in [0.1, 0.15) is 43.0 Å². The van der Waals surface area contributed by atoms with Crippen molar-refractivity contribution in [2.75, 3.05) is 31.7 Å². The van der Waals surface area contributed by atoms with Gasteiger partial charge in [-0.15, -0.1) is 6.58 Å². The Kier molecular flexibility index (Phi) is 18.0. The van der Waals surface area contributed by atoms with Crippen molar-refractivity contribution < 1.29 is 67.5 Å². The van der Waals surface area contributed by atoms with Crippen LogP contribution >= 0.6 is 0 Å². The van der Waals surface area contributed by atoms with E-state index in [9.17, 15) is 43.8 Å². The third-order valence-electron chi connectivity index (χ3n) is 12.9. The summed E-state index contributed by atoms with van der Waals surface area (Å²) in [6, 6.07) is 27.5. The molecule has 0 unspecified atom stereocenters. The number of hydrogen-bond acceptors (Lipinski definition) is 14. The minimum absolute atomic E-state index is 0.0233. The second-order valence-corrected chi connectivity index (χ2v) is 17.6. The Balaban J connectivity index is 0.797. The summed E-state index contributed by atoms with van der Waals surface area (Å²) in [7, 11) is 0. The molecule has 2 saturated heterocycles. The maximum absolute atomic E-state index is 13.3. The number of benzene rings is 4. The third-order valence-corrected chi connectivity index (χ3v) is 12.9. The van der Waals surface area contributed by atoms with Crippen LogP contribution in [0.15, 0.2) is 110 Å². The lowest BCUT2D eigenvalue weighted by Crippen LogP contribution is -2.65. The quantitative estimate of drug-likeness (QED) is 0.0308. The number of alkyl carbamates (subject to hydrolysis) is 1. The first-order valence-electron chi connectivity index (χ1n) is 23.8. The average molecular weight is 990 g/mol. The summed E-state index contributed by atoms with van der Waals surface area (Å²) in [6.45, 7) is 4.91. The number of urea groups is 1. The highest BCUT2D eigenvalue weighted by Crippen LogP contribution is 2.44. The smallest absolute Gasteiger partial charge is 0.407 e. The lowest BCUT2D eigenvalue weighted by atomic mass is 9.76. The molecule has 1 aliphatic carbocycles.